The molecule has 2 N–H and O–H groups in total. The molecule has 126 valence electrons. The number of carboxylic acid groups (broad SMARTS) is 1. The molecule has 6 nitrogen and oxygen atoms in total. The quantitative estimate of drug-likeness (QED) is 0.869. The lowest BCUT2D eigenvalue weighted by atomic mass is 10.1. The molecule has 3 rings (SSSR count). The number of aliphatic carboxylic acids is 1. The van der Waals surface area contributed by atoms with E-state index in [0.29, 0.717) is 24.1 Å². The number of nitrogens with zero attached hydrogens (tertiary/aromatic N) is 1. The van der Waals surface area contributed by atoms with E-state index in [1.165, 1.54) is 11.3 Å². The Kier molecular flexibility index (Phi) is 4.80. The van der Waals surface area contributed by atoms with Crippen LogP contribution in [0.15, 0.2) is 30.5 Å². The van der Waals surface area contributed by atoms with Gasteiger partial charge in [0, 0.05) is 11.6 Å². The topological polar surface area (TPSA) is 88.5 Å². The van der Waals surface area contributed by atoms with E-state index < -0.39 is 5.97 Å². The molecule has 2 aromatic rings. The summed E-state index contributed by atoms with van der Waals surface area (Å²) in [7, 11) is 1.61. The van der Waals surface area contributed by atoms with Gasteiger partial charge in [-0.3, -0.25) is 9.59 Å². The van der Waals surface area contributed by atoms with E-state index >= 15 is 0 Å². The number of hydrogen-bond donors (Lipinski definition) is 2. The molecule has 0 aliphatic heterocycles. The Labute approximate surface area is 143 Å². The molecule has 0 unspecified atom stereocenters. The molecule has 0 bridgehead atoms. The molecule has 1 amide bonds. The molecule has 1 saturated carbocycles. The molecular formula is C17H18N2O4S. The first-order chi connectivity index (χ1) is 11.6. The Morgan fingerprint density at radius 3 is 2.67 bits per heavy atom. The normalized spacial score (nSPS) is 19.9. The summed E-state index contributed by atoms with van der Waals surface area (Å²) in [5, 5.41) is 12.7. The van der Waals surface area contributed by atoms with E-state index in [2.05, 4.69) is 10.3 Å². The largest absolute Gasteiger partial charge is 0.497 e. The summed E-state index contributed by atoms with van der Waals surface area (Å²) in [6, 6.07) is 7.41. The molecule has 1 aliphatic rings. The van der Waals surface area contributed by atoms with Crippen molar-refractivity contribution in [1.82, 2.24) is 10.3 Å². The van der Waals surface area contributed by atoms with Gasteiger partial charge >= 0.3 is 5.97 Å². The second-order valence-electron chi connectivity index (χ2n) is 5.78. The maximum atomic E-state index is 12.3. The van der Waals surface area contributed by atoms with Crippen molar-refractivity contribution in [1.29, 1.82) is 0 Å². The Morgan fingerprint density at radius 1 is 1.29 bits per heavy atom. The average Bonchev–Trinajstić information content (AvgIpc) is 3.24. The molecule has 1 aliphatic carbocycles. The van der Waals surface area contributed by atoms with Gasteiger partial charge in [0.1, 0.15) is 15.6 Å². The molecule has 1 fully saturated rings. The summed E-state index contributed by atoms with van der Waals surface area (Å²) >= 11 is 1.32. The number of carboxylic acids is 1. The number of carbonyl (C=O) groups is 2. The maximum Gasteiger partial charge on any atom is 0.306 e. The summed E-state index contributed by atoms with van der Waals surface area (Å²) in [5.41, 5.74) is 0.923. The number of hydrogen-bond acceptors (Lipinski definition) is 5. The first kappa shape index (κ1) is 16.4. The van der Waals surface area contributed by atoms with E-state index in [9.17, 15) is 9.59 Å². The van der Waals surface area contributed by atoms with Gasteiger partial charge in [0.25, 0.3) is 5.91 Å². The SMILES string of the molecule is COc1ccc(-c2ncc(C(=O)N[C@@H]3CC[C@H](C(=O)O)C3)s2)cc1. The van der Waals surface area contributed by atoms with Crippen LogP contribution >= 0.6 is 11.3 Å². The molecule has 1 aromatic heterocycles. The molecule has 0 saturated heterocycles. The molecule has 1 heterocycles. The second kappa shape index (κ2) is 7.00. The number of benzene rings is 1. The van der Waals surface area contributed by atoms with Gasteiger partial charge in [0.05, 0.1) is 19.2 Å². The zero-order chi connectivity index (χ0) is 17.1. The van der Waals surface area contributed by atoms with Crippen LogP contribution in [0.4, 0.5) is 0 Å². The van der Waals surface area contributed by atoms with Crippen molar-refractivity contribution in [3.8, 4) is 16.3 Å². The van der Waals surface area contributed by atoms with Crippen molar-refractivity contribution in [2.75, 3.05) is 7.11 Å². The number of methoxy groups -OCH3 is 1. The van der Waals surface area contributed by atoms with E-state index in [1.807, 2.05) is 24.3 Å². The minimum Gasteiger partial charge on any atom is -0.497 e. The fourth-order valence-corrected chi connectivity index (χ4v) is 3.66. The highest BCUT2D eigenvalue weighted by Crippen LogP contribution is 2.28. The van der Waals surface area contributed by atoms with Crippen molar-refractivity contribution >= 4 is 23.2 Å². The highest BCUT2D eigenvalue weighted by atomic mass is 32.1. The van der Waals surface area contributed by atoms with Crippen LogP contribution in [0.2, 0.25) is 0 Å². The number of ether oxygens (including phenoxy) is 1. The van der Waals surface area contributed by atoms with Crippen LogP contribution in [0.5, 0.6) is 5.75 Å². The van der Waals surface area contributed by atoms with E-state index in [-0.39, 0.29) is 17.9 Å². The number of nitrogens with one attached hydrogen (secondary N) is 1. The van der Waals surface area contributed by atoms with Gasteiger partial charge in [0.15, 0.2) is 0 Å². The van der Waals surface area contributed by atoms with Crippen LogP contribution in [0.3, 0.4) is 0 Å². The van der Waals surface area contributed by atoms with Gasteiger partial charge in [-0.2, -0.15) is 0 Å². The van der Waals surface area contributed by atoms with Crippen LogP contribution in [-0.4, -0.2) is 35.1 Å². The third-order valence-electron chi connectivity index (χ3n) is 4.18. The Balaban J connectivity index is 1.64. The highest BCUT2D eigenvalue weighted by molar-refractivity contribution is 7.16. The third-order valence-corrected chi connectivity index (χ3v) is 5.23. The minimum atomic E-state index is -0.786. The molecule has 24 heavy (non-hydrogen) atoms. The molecule has 0 radical (unpaired) electrons. The number of rotatable bonds is 5. The van der Waals surface area contributed by atoms with Gasteiger partial charge < -0.3 is 15.2 Å². The summed E-state index contributed by atoms with van der Waals surface area (Å²) in [6.45, 7) is 0. The predicted molar refractivity (Wildman–Crippen MR) is 90.3 cm³/mol. The molecule has 0 spiro atoms. The summed E-state index contributed by atoms with van der Waals surface area (Å²) < 4.78 is 5.13. The second-order valence-corrected chi connectivity index (χ2v) is 6.81. The van der Waals surface area contributed by atoms with E-state index in [4.69, 9.17) is 9.84 Å². The Bertz CT molecular complexity index is 741. The summed E-state index contributed by atoms with van der Waals surface area (Å²) in [5.74, 6) is -0.566. The maximum absolute atomic E-state index is 12.3. The average molecular weight is 346 g/mol. The fraction of sp³-hybridized carbons (Fsp3) is 0.353. The lowest BCUT2D eigenvalue weighted by Crippen LogP contribution is -2.32. The van der Waals surface area contributed by atoms with Crippen LogP contribution in [-0.2, 0) is 4.79 Å². The number of carbonyl (C=O) groups excluding carboxylic acids is 1. The lowest BCUT2D eigenvalue weighted by Gasteiger charge is -2.10. The van der Waals surface area contributed by atoms with Crippen molar-refractivity contribution < 1.29 is 19.4 Å². The smallest absolute Gasteiger partial charge is 0.306 e. The number of amides is 1. The molecule has 2 atom stereocenters. The fourth-order valence-electron chi connectivity index (χ4n) is 2.84. The third kappa shape index (κ3) is 3.56. The Morgan fingerprint density at radius 2 is 2.04 bits per heavy atom. The monoisotopic (exact) mass is 346 g/mol. The zero-order valence-corrected chi connectivity index (χ0v) is 14.0. The molecule has 7 heteroatoms. The van der Waals surface area contributed by atoms with Crippen LogP contribution < -0.4 is 10.1 Å². The van der Waals surface area contributed by atoms with E-state index in [0.717, 1.165) is 16.3 Å². The van der Waals surface area contributed by atoms with Gasteiger partial charge in [-0.25, -0.2) is 4.98 Å². The van der Waals surface area contributed by atoms with E-state index in [1.54, 1.807) is 13.3 Å². The zero-order valence-electron chi connectivity index (χ0n) is 13.2. The van der Waals surface area contributed by atoms with Gasteiger partial charge in [0.2, 0.25) is 0 Å². The standard InChI is InChI=1S/C17H18N2O4S/c1-23-13-6-3-10(4-7-13)16-18-9-14(24-16)15(20)19-12-5-2-11(8-12)17(21)22/h3-4,6-7,9,11-12H,2,5,8H2,1H3,(H,19,20)(H,21,22)/t11-,12+/m0/s1. The van der Waals surface area contributed by atoms with Crippen molar-refractivity contribution in [2.45, 2.75) is 25.3 Å². The number of thiazole rings is 1. The summed E-state index contributed by atoms with van der Waals surface area (Å²) in [6.07, 6.45) is 3.36. The highest BCUT2D eigenvalue weighted by Gasteiger charge is 2.30. The number of aromatic nitrogens is 1. The summed E-state index contributed by atoms with van der Waals surface area (Å²) in [4.78, 5) is 28.1. The van der Waals surface area contributed by atoms with Crippen LogP contribution in [0.1, 0.15) is 28.9 Å². The van der Waals surface area contributed by atoms with Crippen LogP contribution in [0, 0.1) is 5.92 Å². The van der Waals surface area contributed by atoms with Gasteiger partial charge in [-0.05, 0) is 43.5 Å². The first-order valence-corrected chi connectivity index (χ1v) is 8.52. The molecular weight excluding hydrogens is 328 g/mol. The van der Waals surface area contributed by atoms with Gasteiger partial charge in [-0.1, -0.05) is 0 Å². The minimum absolute atomic E-state index is 0.0786. The van der Waals surface area contributed by atoms with Gasteiger partial charge in [-0.15, -0.1) is 11.3 Å². The van der Waals surface area contributed by atoms with Crippen molar-refractivity contribution in [2.24, 2.45) is 5.92 Å². The molecule has 1 aromatic carbocycles. The Hall–Kier alpha value is -2.41. The lowest BCUT2D eigenvalue weighted by molar-refractivity contribution is -0.141. The van der Waals surface area contributed by atoms with Crippen LogP contribution in [0.25, 0.3) is 10.6 Å². The van der Waals surface area contributed by atoms with Crippen molar-refractivity contribution in [3.05, 3.63) is 35.3 Å². The van der Waals surface area contributed by atoms with Crippen molar-refractivity contribution in [3.63, 3.8) is 0 Å². The predicted octanol–water partition coefficient (Wildman–Crippen LogP) is 2.80. The first-order valence-electron chi connectivity index (χ1n) is 7.70.